The van der Waals surface area contributed by atoms with Crippen LogP contribution in [-0.2, 0) is 19.1 Å². The number of aromatic nitrogens is 5. The first-order chi connectivity index (χ1) is 24.7. The first-order valence-electron chi connectivity index (χ1n) is 18.0. The standard InChI is InChI=1S/C34H49F2N11O4/c1-24-4-9-43(10-5-24)8-2-3-27(48)44-11-6-25(7-12-44)22-51-23-28(49)45-13-15-46(16-14-45)33-40-31(26-21-38-32(37)39-29(26)30(35)36)41-34(42-33)47-17-19-50-20-18-47/h2-3,21,24-25,30H,4-20,22-23H2,1H3,(H2,37,38,39)/b3-2+. The third-order valence-corrected chi connectivity index (χ3v) is 10.1. The van der Waals surface area contributed by atoms with Crippen molar-refractivity contribution in [1.29, 1.82) is 0 Å². The number of anilines is 3. The minimum absolute atomic E-state index is 0.0121. The normalized spacial score (nSPS) is 20.2. The minimum Gasteiger partial charge on any atom is -0.378 e. The summed E-state index contributed by atoms with van der Waals surface area (Å²) in [5.41, 5.74) is 5.03. The maximum atomic E-state index is 13.9. The number of hydrogen-bond acceptors (Lipinski definition) is 13. The third-order valence-electron chi connectivity index (χ3n) is 10.1. The fraction of sp³-hybridized carbons (Fsp3) is 0.676. The van der Waals surface area contributed by atoms with Crippen molar-refractivity contribution < 1.29 is 27.8 Å². The Bertz CT molecular complexity index is 1510. The summed E-state index contributed by atoms with van der Waals surface area (Å²) < 4.78 is 39.2. The summed E-state index contributed by atoms with van der Waals surface area (Å²) in [5, 5.41) is 0. The molecule has 4 aliphatic heterocycles. The van der Waals surface area contributed by atoms with Gasteiger partial charge in [0.25, 0.3) is 6.43 Å². The average molecular weight is 714 g/mol. The number of amides is 2. The second-order valence-electron chi connectivity index (χ2n) is 13.7. The number of likely N-dealkylation sites (tertiary alicyclic amines) is 2. The SMILES string of the molecule is CC1CCN(C/C=C/C(=O)N2CCC(COCC(=O)N3CCN(c4nc(-c5cnc(N)nc5C(F)F)nc(N5CCOCC5)n4)CC3)CC2)CC1. The van der Waals surface area contributed by atoms with E-state index in [0.717, 1.165) is 38.4 Å². The Hall–Kier alpha value is -4.09. The molecule has 2 aromatic heterocycles. The number of rotatable bonds is 11. The summed E-state index contributed by atoms with van der Waals surface area (Å²) in [7, 11) is 0. The van der Waals surface area contributed by atoms with Gasteiger partial charge in [-0.2, -0.15) is 15.0 Å². The lowest BCUT2D eigenvalue weighted by atomic mass is 9.98. The zero-order valence-electron chi connectivity index (χ0n) is 29.3. The average Bonchev–Trinajstić information content (AvgIpc) is 3.16. The largest absolute Gasteiger partial charge is 0.378 e. The topological polar surface area (TPSA) is 159 Å². The fourth-order valence-electron chi connectivity index (χ4n) is 6.80. The number of alkyl halides is 2. The summed E-state index contributed by atoms with van der Waals surface area (Å²) >= 11 is 0. The van der Waals surface area contributed by atoms with Gasteiger partial charge in [-0.15, -0.1) is 0 Å². The van der Waals surface area contributed by atoms with E-state index in [0.29, 0.717) is 90.0 Å². The number of piperazine rings is 1. The molecular weight excluding hydrogens is 664 g/mol. The predicted octanol–water partition coefficient (Wildman–Crippen LogP) is 1.88. The van der Waals surface area contributed by atoms with Crippen LogP contribution in [0.2, 0.25) is 0 Å². The Balaban J connectivity index is 0.965. The number of nitrogens with zero attached hydrogens (tertiary/aromatic N) is 10. The van der Waals surface area contributed by atoms with Crippen molar-refractivity contribution >= 4 is 29.7 Å². The number of carbonyl (C=O) groups excluding carboxylic acids is 2. The van der Waals surface area contributed by atoms with Crippen LogP contribution in [0.5, 0.6) is 0 Å². The van der Waals surface area contributed by atoms with Gasteiger partial charge in [0.15, 0.2) is 5.82 Å². The van der Waals surface area contributed by atoms with Crippen molar-refractivity contribution in [2.75, 3.05) is 114 Å². The molecule has 0 saturated carbocycles. The highest BCUT2D eigenvalue weighted by Gasteiger charge is 2.28. The molecule has 0 radical (unpaired) electrons. The highest BCUT2D eigenvalue weighted by Crippen LogP contribution is 2.30. The quantitative estimate of drug-likeness (QED) is 0.337. The molecule has 0 spiro atoms. The molecule has 0 unspecified atom stereocenters. The summed E-state index contributed by atoms with van der Waals surface area (Å²) in [5.74, 6) is 1.49. The first-order valence-corrected chi connectivity index (χ1v) is 18.0. The van der Waals surface area contributed by atoms with Crippen LogP contribution in [0.15, 0.2) is 18.3 Å². The lowest BCUT2D eigenvalue weighted by Gasteiger charge is -2.35. The third kappa shape index (κ3) is 9.83. The van der Waals surface area contributed by atoms with E-state index < -0.39 is 12.1 Å². The molecule has 15 nitrogen and oxygen atoms in total. The summed E-state index contributed by atoms with van der Waals surface area (Å²) in [6.45, 7) is 10.9. The number of piperidine rings is 2. The van der Waals surface area contributed by atoms with E-state index in [4.69, 9.17) is 15.2 Å². The molecule has 0 bridgehead atoms. The lowest BCUT2D eigenvalue weighted by molar-refractivity contribution is -0.137. The smallest absolute Gasteiger partial charge is 0.281 e. The zero-order valence-corrected chi connectivity index (χ0v) is 29.3. The van der Waals surface area contributed by atoms with Crippen molar-refractivity contribution in [2.24, 2.45) is 11.8 Å². The molecule has 278 valence electrons. The molecule has 2 N–H and O–H groups in total. The highest BCUT2D eigenvalue weighted by molar-refractivity contribution is 5.87. The number of halogens is 2. The Kier molecular flexibility index (Phi) is 12.5. The molecule has 6 rings (SSSR count). The summed E-state index contributed by atoms with van der Waals surface area (Å²) in [6.07, 6.45) is 6.14. The van der Waals surface area contributed by atoms with Crippen LogP contribution in [0.4, 0.5) is 26.6 Å². The number of hydrogen-bond donors (Lipinski definition) is 1. The van der Waals surface area contributed by atoms with Crippen LogP contribution in [0, 0.1) is 11.8 Å². The fourth-order valence-corrected chi connectivity index (χ4v) is 6.80. The van der Waals surface area contributed by atoms with Crippen molar-refractivity contribution in [1.82, 2.24) is 39.6 Å². The number of carbonyl (C=O) groups is 2. The molecule has 0 aliphatic carbocycles. The van der Waals surface area contributed by atoms with E-state index in [1.54, 1.807) is 11.0 Å². The summed E-state index contributed by atoms with van der Waals surface area (Å²) in [4.78, 5) is 57.0. The monoisotopic (exact) mass is 713 g/mol. The van der Waals surface area contributed by atoms with E-state index in [-0.39, 0.29) is 35.8 Å². The van der Waals surface area contributed by atoms with E-state index in [2.05, 4.69) is 36.7 Å². The molecule has 51 heavy (non-hydrogen) atoms. The van der Waals surface area contributed by atoms with Crippen LogP contribution in [0.25, 0.3) is 11.4 Å². The van der Waals surface area contributed by atoms with Gasteiger partial charge in [0, 0.05) is 71.2 Å². The molecule has 0 aromatic carbocycles. The maximum absolute atomic E-state index is 13.9. The zero-order chi connectivity index (χ0) is 35.7. The molecule has 4 saturated heterocycles. The molecule has 17 heteroatoms. The minimum atomic E-state index is -2.91. The number of nitrogens with two attached hydrogens (primary N) is 1. The molecule has 4 aliphatic rings. The highest BCUT2D eigenvalue weighted by atomic mass is 19.3. The van der Waals surface area contributed by atoms with Crippen molar-refractivity contribution in [3.8, 4) is 11.4 Å². The van der Waals surface area contributed by atoms with Crippen molar-refractivity contribution in [2.45, 2.75) is 39.0 Å². The Labute approximate surface area is 297 Å². The Morgan fingerprint density at radius 1 is 0.902 bits per heavy atom. The van der Waals surface area contributed by atoms with E-state index in [9.17, 15) is 18.4 Å². The molecule has 6 heterocycles. The Morgan fingerprint density at radius 2 is 1.57 bits per heavy atom. The van der Waals surface area contributed by atoms with Gasteiger partial charge in [-0.1, -0.05) is 13.0 Å². The molecular formula is C34H49F2N11O4. The van der Waals surface area contributed by atoms with E-state index in [1.165, 1.54) is 19.0 Å². The van der Waals surface area contributed by atoms with Crippen LogP contribution < -0.4 is 15.5 Å². The van der Waals surface area contributed by atoms with Gasteiger partial charge in [0.2, 0.25) is 29.7 Å². The van der Waals surface area contributed by atoms with Crippen LogP contribution in [0.1, 0.15) is 44.7 Å². The second kappa shape index (κ2) is 17.4. The van der Waals surface area contributed by atoms with Gasteiger partial charge in [0.05, 0.1) is 25.4 Å². The van der Waals surface area contributed by atoms with Gasteiger partial charge in [-0.25, -0.2) is 18.7 Å². The van der Waals surface area contributed by atoms with Gasteiger partial charge in [-0.05, 0) is 50.6 Å². The van der Waals surface area contributed by atoms with Crippen molar-refractivity contribution in [3.63, 3.8) is 0 Å². The number of nitrogen functional groups attached to an aromatic ring is 1. The predicted molar refractivity (Wildman–Crippen MR) is 186 cm³/mol. The number of morpholine rings is 1. The molecule has 0 atom stereocenters. The Morgan fingerprint density at radius 3 is 2.24 bits per heavy atom. The second-order valence-corrected chi connectivity index (χ2v) is 13.7. The number of ether oxygens (including phenoxy) is 2. The maximum Gasteiger partial charge on any atom is 0.281 e. The summed E-state index contributed by atoms with van der Waals surface area (Å²) in [6, 6.07) is 0. The first kappa shape index (κ1) is 36.7. The van der Waals surface area contributed by atoms with E-state index >= 15 is 0 Å². The molecule has 2 aromatic rings. The van der Waals surface area contributed by atoms with Gasteiger partial charge in [-0.3, -0.25) is 14.5 Å². The lowest BCUT2D eigenvalue weighted by Crippen LogP contribution is -2.50. The molecule has 4 fully saturated rings. The van der Waals surface area contributed by atoms with Crippen molar-refractivity contribution in [3.05, 3.63) is 24.0 Å². The molecule has 2 amide bonds. The van der Waals surface area contributed by atoms with Crippen LogP contribution in [-0.4, -0.2) is 150 Å². The van der Waals surface area contributed by atoms with Gasteiger partial charge in [0.1, 0.15) is 12.3 Å². The van der Waals surface area contributed by atoms with Crippen LogP contribution in [0.3, 0.4) is 0 Å². The van der Waals surface area contributed by atoms with Crippen LogP contribution >= 0.6 is 0 Å². The van der Waals surface area contributed by atoms with E-state index in [1.807, 2.05) is 20.8 Å². The van der Waals surface area contributed by atoms with Gasteiger partial charge >= 0.3 is 0 Å². The van der Waals surface area contributed by atoms with Gasteiger partial charge < -0.3 is 34.8 Å².